The van der Waals surface area contributed by atoms with Crippen LogP contribution in [0.15, 0.2) is 0 Å². The number of rotatable bonds is 4. The highest BCUT2D eigenvalue weighted by Crippen LogP contribution is 1.90. The molecule has 0 aromatic heterocycles. The van der Waals surface area contributed by atoms with Crippen molar-refractivity contribution in [2.75, 3.05) is 6.54 Å². The molecule has 3 nitrogen and oxygen atoms in total. The first-order chi connectivity index (χ1) is 4.16. The van der Waals surface area contributed by atoms with E-state index in [1.807, 2.05) is 13.8 Å². The fourth-order valence-corrected chi connectivity index (χ4v) is 0.623. The van der Waals surface area contributed by atoms with Gasteiger partial charge < -0.3 is 4.74 Å². The Morgan fingerprint density at radius 2 is 2.11 bits per heavy atom. The molecule has 0 heterocycles. The van der Waals surface area contributed by atoms with Crippen molar-refractivity contribution in [3.05, 3.63) is 0 Å². The molecule has 0 aliphatic heterocycles. The minimum absolute atomic E-state index is 0.123. The van der Waals surface area contributed by atoms with E-state index in [0.29, 0.717) is 0 Å². The molecule has 0 aromatic carbocycles. The number of ether oxygens (including phenoxy) is 1. The fourth-order valence-electron chi connectivity index (χ4n) is 0.623. The second-order valence-electron chi connectivity index (χ2n) is 1.90. The number of nitrogens with one attached hydrogen (secondary N) is 1. The van der Waals surface area contributed by atoms with E-state index in [0.717, 1.165) is 6.54 Å². The lowest BCUT2D eigenvalue weighted by atomic mass is 10.6. The molecule has 55 valence electrons. The predicted molar refractivity (Wildman–Crippen MR) is 34.4 cm³/mol. The molecule has 0 amide bonds. The van der Waals surface area contributed by atoms with Crippen LogP contribution in [0.25, 0.3) is 0 Å². The van der Waals surface area contributed by atoms with Crippen LogP contribution in [0.5, 0.6) is 0 Å². The van der Waals surface area contributed by atoms with Crippen molar-refractivity contribution in [2.45, 2.75) is 33.3 Å². The standard InChI is InChI=1S/C6H14NO2/c1-4-7-5(2)9-6(3)8/h5-7H,4H2,1-3H3. The first kappa shape index (κ1) is 8.88. The van der Waals surface area contributed by atoms with Gasteiger partial charge in [-0.1, -0.05) is 6.92 Å². The summed E-state index contributed by atoms with van der Waals surface area (Å²) >= 11 is 0. The summed E-state index contributed by atoms with van der Waals surface area (Å²) in [4.78, 5) is 0. The van der Waals surface area contributed by atoms with Crippen LogP contribution in [0.4, 0.5) is 0 Å². The summed E-state index contributed by atoms with van der Waals surface area (Å²) in [6.45, 7) is 6.09. The van der Waals surface area contributed by atoms with Gasteiger partial charge in [-0.25, -0.2) is 5.11 Å². The molecule has 9 heavy (non-hydrogen) atoms. The van der Waals surface area contributed by atoms with Crippen molar-refractivity contribution >= 4 is 0 Å². The molecular weight excluding hydrogens is 118 g/mol. The Bertz CT molecular complexity index is 66.1. The highest BCUT2D eigenvalue weighted by atomic mass is 16.6. The molecule has 0 aromatic rings. The largest absolute Gasteiger partial charge is 0.332 e. The van der Waals surface area contributed by atoms with Gasteiger partial charge in [0, 0.05) is 0 Å². The van der Waals surface area contributed by atoms with Gasteiger partial charge in [0.25, 0.3) is 0 Å². The molecule has 0 aliphatic carbocycles. The van der Waals surface area contributed by atoms with Crippen LogP contribution in [0, 0.1) is 0 Å². The SMILES string of the molecule is CCNC(C)OC(C)[O]. The van der Waals surface area contributed by atoms with Crippen LogP contribution in [0.2, 0.25) is 0 Å². The highest BCUT2D eigenvalue weighted by Gasteiger charge is 2.02. The van der Waals surface area contributed by atoms with E-state index >= 15 is 0 Å². The van der Waals surface area contributed by atoms with Crippen molar-refractivity contribution < 1.29 is 9.84 Å². The third kappa shape index (κ3) is 5.76. The van der Waals surface area contributed by atoms with E-state index in [9.17, 15) is 5.11 Å². The Morgan fingerprint density at radius 3 is 2.44 bits per heavy atom. The van der Waals surface area contributed by atoms with Crippen LogP contribution in [0.3, 0.4) is 0 Å². The molecular formula is C6H14NO2. The van der Waals surface area contributed by atoms with Gasteiger partial charge in [0.15, 0.2) is 6.29 Å². The van der Waals surface area contributed by atoms with Gasteiger partial charge in [-0.2, -0.15) is 0 Å². The zero-order valence-electron chi connectivity index (χ0n) is 6.18. The van der Waals surface area contributed by atoms with Gasteiger partial charge >= 0.3 is 0 Å². The van der Waals surface area contributed by atoms with Crippen molar-refractivity contribution in [3.8, 4) is 0 Å². The summed E-state index contributed by atoms with van der Waals surface area (Å²) in [6, 6.07) is 0. The lowest BCUT2D eigenvalue weighted by molar-refractivity contribution is -0.160. The third-order valence-corrected chi connectivity index (χ3v) is 0.887. The third-order valence-electron chi connectivity index (χ3n) is 0.887. The highest BCUT2D eigenvalue weighted by molar-refractivity contribution is 4.43. The molecule has 0 bridgehead atoms. The van der Waals surface area contributed by atoms with Gasteiger partial charge in [0.05, 0.1) is 0 Å². The first-order valence-corrected chi connectivity index (χ1v) is 3.21. The Balaban J connectivity index is 3.15. The summed E-state index contributed by atoms with van der Waals surface area (Å²) in [6.07, 6.45) is -1.05. The summed E-state index contributed by atoms with van der Waals surface area (Å²) in [5, 5.41) is 13.3. The Hall–Kier alpha value is -0.120. The first-order valence-electron chi connectivity index (χ1n) is 3.21. The van der Waals surface area contributed by atoms with E-state index in [2.05, 4.69) is 5.32 Å². The Kier molecular flexibility index (Phi) is 4.67. The number of hydrogen-bond acceptors (Lipinski definition) is 2. The van der Waals surface area contributed by atoms with Gasteiger partial charge in [-0.3, -0.25) is 5.32 Å². The van der Waals surface area contributed by atoms with Crippen LogP contribution < -0.4 is 5.32 Å². The molecule has 3 heteroatoms. The van der Waals surface area contributed by atoms with Gasteiger partial charge in [-0.05, 0) is 20.4 Å². The molecule has 0 saturated carbocycles. The van der Waals surface area contributed by atoms with Crippen LogP contribution in [-0.4, -0.2) is 19.1 Å². The molecule has 0 aliphatic rings. The summed E-state index contributed by atoms with van der Waals surface area (Å²) in [7, 11) is 0. The molecule has 1 radical (unpaired) electrons. The Morgan fingerprint density at radius 1 is 1.56 bits per heavy atom. The maximum Gasteiger partial charge on any atom is 0.190 e. The molecule has 2 atom stereocenters. The zero-order chi connectivity index (χ0) is 7.28. The fraction of sp³-hybridized carbons (Fsp3) is 1.00. The molecule has 0 rings (SSSR count). The maximum absolute atomic E-state index is 10.4. The maximum atomic E-state index is 10.4. The van der Waals surface area contributed by atoms with Crippen molar-refractivity contribution in [2.24, 2.45) is 0 Å². The average Bonchev–Trinajstić information content (AvgIpc) is 1.63. The van der Waals surface area contributed by atoms with Gasteiger partial charge in [-0.15, -0.1) is 0 Å². The van der Waals surface area contributed by atoms with Crippen molar-refractivity contribution in [1.82, 2.24) is 5.32 Å². The van der Waals surface area contributed by atoms with Crippen LogP contribution in [-0.2, 0) is 9.84 Å². The van der Waals surface area contributed by atoms with Gasteiger partial charge in [0.2, 0.25) is 0 Å². The van der Waals surface area contributed by atoms with E-state index < -0.39 is 6.29 Å². The van der Waals surface area contributed by atoms with E-state index in [1.165, 1.54) is 6.92 Å². The minimum Gasteiger partial charge on any atom is -0.332 e. The van der Waals surface area contributed by atoms with Gasteiger partial charge in [0.1, 0.15) is 6.23 Å². The lowest BCUT2D eigenvalue weighted by Gasteiger charge is -2.13. The van der Waals surface area contributed by atoms with E-state index in [1.54, 1.807) is 0 Å². The zero-order valence-corrected chi connectivity index (χ0v) is 6.18. The summed E-state index contributed by atoms with van der Waals surface area (Å²) in [5.41, 5.74) is 0. The second kappa shape index (κ2) is 4.73. The molecule has 0 saturated heterocycles. The predicted octanol–water partition coefficient (Wildman–Crippen LogP) is 0.735. The summed E-state index contributed by atoms with van der Waals surface area (Å²) in [5.74, 6) is 0. The normalized spacial score (nSPS) is 17.3. The van der Waals surface area contributed by atoms with E-state index in [4.69, 9.17) is 4.74 Å². The smallest absolute Gasteiger partial charge is 0.190 e. The van der Waals surface area contributed by atoms with Crippen LogP contribution >= 0.6 is 0 Å². The lowest BCUT2D eigenvalue weighted by Crippen LogP contribution is -2.31. The molecule has 0 spiro atoms. The second-order valence-corrected chi connectivity index (χ2v) is 1.90. The molecule has 2 unspecified atom stereocenters. The minimum atomic E-state index is -0.931. The van der Waals surface area contributed by atoms with Crippen LogP contribution in [0.1, 0.15) is 20.8 Å². The average molecular weight is 132 g/mol. The Labute approximate surface area is 56.0 Å². The van der Waals surface area contributed by atoms with Crippen molar-refractivity contribution in [1.29, 1.82) is 0 Å². The van der Waals surface area contributed by atoms with E-state index in [-0.39, 0.29) is 6.23 Å². The molecule has 1 N–H and O–H groups in total. The summed E-state index contributed by atoms with van der Waals surface area (Å²) < 4.78 is 4.82. The quantitative estimate of drug-likeness (QED) is 0.573. The number of hydrogen-bond donors (Lipinski definition) is 1. The monoisotopic (exact) mass is 132 g/mol. The topological polar surface area (TPSA) is 41.2 Å². The molecule has 0 fully saturated rings. The van der Waals surface area contributed by atoms with Crippen molar-refractivity contribution in [3.63, 3.8) is 0 Å².